The van der Waals surface area contributed by atoms with Crippen LogP contribution in [-0.2, 0) is 5.54 Å². The molecule has 1 aromatic carbocycles. The number of nitrogens with zero attached hydrogens (tertiary/aromatic N) is 2. The van der Waals surface area contributed by atoms with Crippen molar-refractivity contribution in [2.24, 2.45) is 4.99 Å². The summed E-state index contributed by atoms with van der Waals surface area (Å²) in [7, 11) is 0. The fraction of sp³-hybridized carbons (Fsp3) is 0.0667. The minimum Gasteiger partial charge on any atom is -0.273 e. The number of benzene rings is 1. The summed E-state index contributed by atoms with van der Waals surface area (Å²) in [4.78, 5) is 8.88. The molecule has 2 heterocycles. The molecule has 0 aliphatic carbocycles. The SMILES string of the molecule is [CH]=CC1(c2cccc3cccnc23)C=CC=N1. The Bertz CT molecular complexity index is 621. The largest absolute Gasteiger partial charge is 0.273 e. The Morgan fingerprint density at radius 2 is 2.06 bits per heavy atom. The van der Waals surface area contributed by atoms with E-state index in [1.165, 1.54) is 0 Å². The maximum Gasteiger partial charge on any atom is 0.125 e. The Kier molecular flexibility index (Phi) is 2.15. The minimum atomic E-state index is -0.562. The molecule has 0 N–H and O–H groups in total. The van der Waals surface area contributed by atoms with Crippen LogP contribution in [0.4, 0.5) is 0 Å². The minimum absolute atomic E-state index is 0.562. The van der Waals surface area contributed by atoms with Gasteiger partial charge in [-0.1, -0.05) is 30.8 Å². The lowest BCUT2D eigenvalue weighted by molar-refractivity contribution is 0.738. The van der Waals surface area contributed by atoms with Crippen LogP contribution < -0.4 is 0 Å². The van der Waals surface area contributed by atoms with E-state index in [1.807, 2.05) is 42.5 Å². The van der Waals surface area contributed by atoms with E-state index in [2.05, 4.69) is 9.98 Å². The fourth-order valence-corrected chi connectivity index (χ4v) is 2.17. The maximum absolute atomic E-state index is 5.77. The molecule has 0 amide bonds. The topological polar surface area (TPSA) is 25.2 Å². The highest BCUT2D eigenvalue weighted by molar-refractivity contribution is 5.85. The predicted octanol–water partition coefficient (Wildman–Crippen LogP) is 3.06. The van der Waals surface area contributed by atoms with Gasteiger partial charge < -0.3 is 0 Å². The van der Waals surface area contributed by atoms with Crippen molar-refractivity contribution in [3.05, 3.63) is 66.9 Å². The average molecular weight is 219 g/mol. The van der Waals surface area contributed by atoms with Crippen LogP contribution in [0.1, 0.15) is 5.56 Å². The highest BCUT2D eigenvalue weighted by Crippen LogP contribution is 2.34. The quantitative estimate of drug-likeness (QED) is 0.762. The summed E-state index contributed by atoms with van der Waals surface area (Å²) >= 11 is 0. The fourth-order valence-electron chi connectivity index (χ4n) is 2.17. The van der Waals surface area contributed by atoms with E-state index in [1.54, 1.807) is 18.5 Å². The van der Waals surface area contributed by atoms with Gasteiger partial charge in [-0.25, -0.2) is 0 Å². The van der Waals surface area contributed by atoms with Gasteiger partial charge in [-0.2, -0.15) is 0 Å². The third kappa shape index (κ3) is 1.41. The number of allylic oxidation sites excluding steroid dienone is 1. The van der Waals surface area contributed by atoms with E-state index >= 15 is 0 Å². The smallest absolute Gasteiger partial charge is 0.125 e. The molecule has 1 aliphatic heterocycles. The first kappa shape index (κ1) is 9.97. The lowest BCUT2D eigenvalue weighted by atomic mass is 9.89. The molecule has 2 heteroatoms. The summed E-state index contributed by atoms with van der Waals surface area (Å²) in [6.45, 7) is 5.77. The van der Waals surface area contributed by atoms with Gasteiger partial charge in [0.2, 0.25) is 0 Å². The molecule has 1 aromatic heterocycles. The molecule has 3 rings (SSSR count). The molecule has 1 aliphatic rings. The molecule has 17 heavy (non-hydrogen) atoms. The van der Waals surface area contributed by atoms with E-state index in [0.717, 1.165) is 16.5 Å². The predicted molar refractivity (Wildman–Crippen MR) is 69.9 cm³/mol. The number of hydrogen-bond donors (Lipinski definition) is 0. The van der Waals surface area contributed by atoms with Gasteiger partial charge in [0, 0.05) is 23.4 Å². The summed E-state index contributed by atoms with van der Waals surface area (Å²) in [6.07, 6.45) is 9.06. The Morgan fingerprint density at radius 3 is 2.82 bits per heavy atom. The van der Waals surface area contributed by atoms with Gasteiger partial charge in [-0.3, -0.25) is 9.98 Å². The van der Waals surface area contributed by atoms with Crippen LogP contribution in [0.5, 0.6) is 0 Å². The van der Waals surface area contributed by atoms with Crippen molar-refractivity contribution in [1.29, 1.82) is 0 Å². The van der Waals surface area contributed by atoms with Crippen molar-refractivity contribution in [3.8, 4) is 0 Å². The summed E-state index contributed by atoms with van der Waals surface area (Å²) in [6, 6.07) is 10.0. The van der Waals surface area contributed by atoms with Gasteiger partial charge in [0.05, 0.1) is 5.52 Å². The summed E-state index contributed by atoms with van der Waals surface area (Å²) < 4.78 is 0. The van der Waals surface area contributed by atoms with Crippen molar-refractivity contribution >= 4 is 17.1 Å². The second kappa shape index (κ2) is 3.67. The van der Waals surface area contributed by atoms with Crippen molar-refractivity contribution < 1.29 is 0 Å². The average Bonchev–Trinajstić information content (AvgIpc) is 2.88. The highest BCUT2D eigenvalue weighted by Gasteiger charge is 2.28. The highest BCUT2D eigenvalue weighted by atomic mass is 14.9. The Balaban J connectivity index is 2.34. The molecule has 0 fully saturated rings. The first-order valence-electron chi connectivity index (χ1n) is 5.49. The van der Waals surface area contributed by atoms with Gasteiger partial charge in [-0.05, 0) is 24.3 Å². The van der Waals surface area contributed by atoms with E-state index in [4.69, 9.17) is 6.58 Å². The van der Waals surface area contributed by atoms with E-state index in [-0.39, 0.29) is 0 Å². The van der Waals surface area contributed by atoms with Crippen LogP contribution in [0.2, 0.25) is 0 Å². The van der Waals surface area contributed by atoms with Gasteiger partial charge >= 0.3 is 0 Å². The Hall–Kier alpha value is -2.22. The van der Waals surface area contributed by atoms with E-state index < -0.39 is 5.54 Å². The zero-order valence-corrected chi connectivity index (χ0v) is 9.25. The van der Waals surface area contributed by atoms with Crippen molar-refractivity contribution in [3.63, 3.8) is 0 Å². The molecule has 2 nitrogen and oxygen atoms in total. The molecule has 0 saturated carbocycles. The number of fused-ring (bicyclic) bond motifs is 1. The number of aliphatic imine (C=N–C) groups is 1. The number of para-hydroxylation sites is 1. The second-order valence-corrected chi connectivity index (χ2v) is 4.01. The zero-order chi connectivity index (χ0) is 11.7. The number of rotatable bonds is 2. The molecule has 0 saturated heterocycles. The third-order valence-electron chi connectivity index (χ3n) is 3.04. The molecule has 81 valence electrons. The lowest BCUT2D eigenvalue weighted by Crippen LogP contribution is -2.16. The first-order chi connectivity index (χ1) is 8.36. The molecule has 0 bridgehead atoms. The molecule has 1 atom stereocenters. The van der Waals surface area contributed by atoms with Crippen LogP contribution in [0.15, 0.2) is 59.7 Å². The summed E-state index contributed by atoms with van der Waals surface area (Å²) in [5.41, 5.74) is 1.40. The molecule has 2 aromatic rings. The second-order valence-electron chi connectivity index (χ2n) is 4.01. The standard InChI is InChI=1S/C15H11N2/c1-2-15(9-5-11-17-15)13-8-3-6-12-7-4-10-16-14(12)13/h1-11H. The van der Waals surface area contributed by atoms with Gasteiger partial charge in [0.1, 0.15) is 5.54 Å². The van der Waals surface area contributed by atoms with E-state index in [9.17, 15) is 0 Å². The number of aromatic nitrogens is 1. The molecule has 1 radical (unpaired) electrons. The normalized spacial score (nSPS) is 22.1. The van der Waals surface area contributed by atoms with Crippen LogP contribution in [0, 0.1) is 6.58 Å². The number of hydrogen-bond acceptors (Lipinski definition) is 2. The van der Waals surface area contributed by atoms with Gasteiger partial charge in [0.15, 0.2) is 0 Å². The first-order valence-corrected chi connectivity index (χ1v) is 5.49. The van der Waals surface area contributed by atoms with Gasteiger partial charge in [-0.15, -0.1) is 0 Å². The van der Waals surface area contributed by atoms with Crippen molar-refractivity contribution in [2.75, 3.05) is 0 Å². The zero-order valence-electron chi connectivity index (χ0n) is 9.25. The van der Waals surface area contributed by atoms with Crippen molar-refractivity contribution in [1.82, 2.24) is 4.98 Å². The molecular weight excluding hydrogens is 208 g/mol. The third-order valence-corrected chi connectivity index (χ3v) is 3.04. The van der Waals surface area contributed by atoms with E-state index in [0.29, 0.717) is 0 Å². The molecular formula is C15H11N2. The maximum atomic E-state index is 5.77. The molecule has 1 unspecified atom stereocenters. The van der Waals surface area contributed by atoms with Crippen molar-refractivity contribution in [2.45, 2.75) is 5.54 Å². The van der Waals surface area contributed by atoms with Crippen LogP contribution in [0.3, 0.4) is 0 Å². The Morgan fingerprint density at radius 1 is 1.18 bits per heavy atom. The number of pyridine rings is 1. The van der Waals surface area contributed by atoms with Crippen LogP contribution >= 0.6 is 0 Å². The summed E-state index contributed by atoms with van der Waals surface area (Å²) in [5, 5.41) is 1.10. The van der Waals surface area contributed by atoms with Crippen LogP contribution in [0.25, 0.3) is 10.9 Å². The Labute approximate surface area is 100 Å². The molecule has 0 spiro atoms. The van der Waals surface area contributed by atoms with Gasteiger partial charge in [0.25, 0.3) is 0 Å². The lowest BCUT2D eigenvalue weighted by Gasteiger charge is -2.21. The summed E-state index contributed by atoms with van der Waals surface area (Å²) in [5.74, 6) is 0. The van der Waals surface area contributed by atoms with Crippen LogP contribution in [-0.4, -0.2) is 11.2 Å². The monoisotopic (exact) mass is 219 g/mol.